The van der Waals surface area contributed by atoms with E-state index in [-0.39, 0.29) is 5.91 Å². The molecule has 0 unspecified atom stereocenters. The van der Waals surface area contributed by atoms with Gasteiger partial charge in [-0.1, -0.05) is 23.4 Å². The van der Waals surface area contributed by atoms with E-state index in [9.17, 15) is 4.79 Å². The molecule has 28 heavy (non-hydrogen) atoms. The molecule has 1 saturated heterocycles. The predicted octanol–water partition coefficient (Wildman–Crippen LogP) is 3.36. The number of aromatic nitrogens is 3. The zero-order valence-electron chi connectivity index (χ0n) is 15.1. The van der Waals surface area contributed by atoms with Gasteiger partial charge in [0.25, 0.3) is 11.8 Å². The third kappa shape index (κ3) is 2.95. The van der Waals surface area contributed by atoms with Gasteiger partial charge in [-0.25, -0.2) is 0 Å². The largest absolute Gasteiger partial charge is 0.378 e. The zero-order valence-corrected chi connectivity index (χ0v) is 15.1. The Balaban J connectivity index is 1.39. The summed E-state index contributed by atoms with van der Waals surface area (Å²) in [5, 5.41) is 5.16. The number of hydrogen-bond donors (Lipinski definition) is 1. The van der Waals surface area contributed by atoms with Crippen LogP contribution in [0.3, 0.4) is 0 Å². The molecular weight excluding hydrogens is 356 g/mol. The Hall–Kier alpha value is -3.45. The summed E-state index contributed by atoms with van der Waals surface area (Å²) >= 11 is 0. The van der Waals surface area contributed by atoms with Crippen molar-refractivity contribution in [1.82, 2.24) is 20.0 Å². The average Bonchev–Trinajstić information content (AvgIpc) is 3.41. The Kier molecular flexibility index (Phi) is 4.14. The molecule has 3 heterocycles. The first-order valence-corrected chi connectivity index (χ1v) is 9.17. The normalized spacial score (nSPS) is 14.5. The molecule has 0 saturated carbocycles. The van der Waals surface area contributed by atoms with Gasteiger partial charge in [0.2, 0.25) is 5.82 Å². The molecule has 4 aromatic rings. The van der Waals surface area contributed by atoms with E-state index in [1.807, 2.05) is 42.6 Å². The number of carbonyl (C=O) groups excluding carboxylic acids is 1. The van der Waals surface area contributed by atoms with Crippen molar-refractivity contribution in [2.45, 2.75) is 0 Å². The molecule has 2 aromatic carbocycles. The number of aromatic amines is 1. The lowest BCUT2D eigenvalue weighted by Gasteiger charge is -2.26. The maximum Gasteiger partial charge on any atom is 0.258 e. The van der Waals surface area contributed by atoms with Crippen molar-refractivity contribution in [2.75, 3.05) is 26.3 Å². The van der Waals surface area contributed by atoms with Gasteiger partial charge in [-0.05, 0) is 30.3 Å². The number of ether oxygens (including phenoxy) is 1. The average molecular weight is 374 g/mol. The number of hydrogen-bond acceptors (Lipinski definition) is 5. The number of morpholine rings is 1. The van der Waals surface area contributed by atoms with Gasteiger partial charge in [-0.2, -0.15) is 4.98 Å². The molecular formula is C21H18N4O3. The number of para-hydroxylation sites is 1. The Labute approximate surface area is 160 Å². The van der Waals surface area contributed by atoms with E-state index >= 15 is 0 Å². The number of nitrogens with zero attached hydrogens (tertiary/aromatic N) is 3. The highest BCUT2D eigenvalue weighted by molar-refractivity contribution is 5.95. The first kappa shape index (κ1) is 16.7. The lowest BCUT2D eigenvalue weighted by Crippen LogP contribution is -2.40. The Morgan fingerprint density at radius 1 is 1.04 bits per heavy atom. The summed E-state index contributed by atoms with van der Waals surface area (Å²) in [6.07, 6.45) is 1.88. The van der Waals surface area contributed by atoms with E-state index in [0.717, 1.165) is 22.0 Å². The first-order chi connectivity index (χ1) is 13.8. The van der Waals surface area contributed by atoms with Crippen LogP contribution in [0, 0.1) is 0 Å². The Bertz CT molecular complexity index is 1120. The molecule has 1 amide bonds. The molecule has 0 aliphatic carbocycles. The van der Waals surface area contributed by atoms with E-state index in [4.69, 9.17) is 9.26 Å². The number of rotatable bonds is 3. The van der Waals surface area contributed by atoms with E-state index in [1.54, 1.807) is 17.0 Å². The topological polar surface area (TPSA) is 84.2 Å². The minimum atomic E-state index is 0.0138. The first-order valence-electron chi connectivity index (χ1n) is 9.17. The van der Waals surface area contributed by atoms with Crippen LogP contribution in [0.2, 0.25) is 0 Å². The Morgan fingerprint density at radius 3 is 2.64 bits per heavy atom. The minimum Gasteiger partial charge on any atom is -0.378 e. The van der Waals surface area contributed by atoms with Gasteiger partial charge < -0.3 is 19.1 Å². The predicted molar refractivity (Wildman–Crippen MR) is 104 cm³/mol. The standard InChI is InChI=1S/C21H18N4O3/c26-21(25-9-11-27-12-10-25)15-7-5-14(6-8-15)20-23-19(24-28-20)17-13-22-18-4-2-1-3-16(17)18/h1-8,13,22H,9-12H2. The van der Waals surface area contributed by atoms with Crippen molar-refractivity contribution in [1.29, 1.82) is 0 Å². The number of nitrogens with one attached hydrogen (secondary N) is 1. The molecule has 2 aromatic heterocycles. The zero-order chi connectivity index (χ0) is 18.9. The van der Waals surface area contributed by atoms with Crippen molar-refractivity contribution < 1.29 is 14.1 Å². The summed E-state index contributed by atoms with van der Waals surface area (Å²) < 4.78 is 10.8. The van der Waals surface area contributed by atoms with Gasteiger partial charge in [0.1, 0.15) is 0 Å². The van der Waals surface area contributed by atoms with Crippen LogP contribution in [0.1, 0.15) is 10.4 Å². The molecule has 7 heteroatoms. The van der Waals surface area contributed by atoms with Gasteiger partial charge in [-0.15, -0.1) is 0 Å². The smallest absolute Gasteiger partial charge is 0.258 e. The van der Waals surface area contributed by atoms with Gasteiger partial charge in [0, 0.05) is 46.9 Å². The van der Waals surface area contributed by atoms with Crippen LogP contribution in [-0.2, 0) is 4.74 Å². The van der Waals surface area contributed by atoms with E-state index in [1.165, 1.54) is 0 Å². The van der Waals surface area contributed by atoms with E-state index < -0.39 is 0 Å². The van der Waals surface area contributed by atoms with Crippen molar-refractivity contribution in [3.63, 3.8) is 0 Å². The number of amides is 1. The second-order valence-corrected chi connectivity index (χ2v) is 6.65. The summed E-state index contributed by atoms with van der Waals surface area (Å²) in [4.78, 5) is 22.1. The molecule has 7 nitrogen and oxygen atoms in total. The van der Waals surface area contributed by atoms with E-state index in [2.05, 4.69) is 15.1 Å². The fraction of sp³-hybridized carbons (Fsp3) is 0.190. The number of H-pyrrole nitrogens is 1. The number of benzene rings is 2. The number of carbonyl (C=O) groups is 1. The SMILES string of the molecule is O=C(c1ccc(-c2nc(-c3c[nH]c4ccccc34)no2)cc1)N1CCOCC1. The quantitative estimate of drug-likeness (QED) is 0.594. The van der Waals surface area contributed by atoms with Crippen molar-refractivity contribution in [2.24, 2.45) is 0 Å². The van der Waals surface area contributed by atoms with Gasteiger partial charge in [0.15, 0.2) is 0 Å². The van der Waals surface area contributed by atoms with Crippen LogP contribution in [0.5, 0.6) is 0 Å². The third-order valence-electron chi connectivity index (χ3n) is 4.93. The number of fused-ring (bicyclic) bond motifs is 1. The van der Waals surface area contributed by atoms with Gasteiger partial charge >= 0.3 is 0 Å². The molecule has 140 valence electrons. The van der Waals surface area contributed by atoms with Crippen molar-refractivity contribution in [3.8, 4) is 22.8 Å². The third-order valence-corrected chi connectivity index (χ3v) is 4.93. The summed E-state index contributed by atoms with van der Waals surface area (Å²) in [6, 6.07) is 15.2. The van der Waals surface area contributed by atoms with Gasteiger partial charge in [0.05, 0.1) is 13.2 Å². The van der Waals surface area contributed by atoms with Crippen LogP contribution < -0.4 is 0 Å². The molecule has 0 radical (unpaired) electrons. The Morgan fingerprint density at radius 2 is 1.82 bits per heavy atom. The maximum atomic E-state index is 12.5. The van der Waals surface area contributed by atoms with Crippen molar-refractivity contribution in [3.05, 3.63) is 60.3 Å². The monoisotopic (exact) mass is 374 g/mol. The summed E-state index contributed by atoms with van der Waals surface area (Å²) in [6.45, 7) is 2.42. The van der Waals surface area contributed by atoms with Crippen LogP contribution in [0.15, 0.2) is 59.3 Å². The van der Waals surface area contributed by atoms with E-state index in [0.29, 0.717) is 43.6 Å². The second kappa shape index (κ2) is 6.94. The highest BCUT2D eigenvalue weighted by atomic mass is 16.5. The highest BCUT2D eigenvalue weighted by Gasteiger charge is 2.19. The molecule has 0 atom stereocenters. The summed E-state index contributed by atoms with van der Waals surface area (Å²) in [7, 11) is 0. The summed E-state index contributed by atoms with van der Waals surface area (Å²) in [5.74, 6) is 0.964. The fourth-order valence-electron chi connectivity index (χ4n) is 3.41. The molecule has 1 aliphatic rings. The van der Waals surface area contributed by atoms with Gasteiger partial charge in [-0.3, -0.25) is 4.79 Å². The minimum absolute atomic E-state index is 0.0138. The molecule has 1 aliphatic heterocycles. The van der Waals surface area contributed by atoms with Crippen molar-refractivity contribution >= 4 is 16.8 Å². The summed E-state index contributed by atoms with van der Waals surface area (Å²) in [5.41, 5.74) is 3.33. The molecule has 1 fully saturated rings. The van der Waals surface area contributed by atoms with Crippen LogP contribution in [0.25, 0.3) is 33.7 Å². The molecule has 0 spiro atoms. The van der Waals surface area contributed by atoms with Crippen LogP contribution in [-0.4, -0.2) is 52.2 Å². The molecule has 0 bridgehead atoms. The van der Waals surface area contributed by atoms with Crippen LogP contribution in [0.4, 0.5) is 0 Å². The molecule has 5 rings (SSSR count). The second-order valence-electron chi connectivity index (χ2n) is 6.65. The molecule has 1 N–H and O–H groups in total. The fourth-order valence-corrected chi connectivity index (χ4v) is 3.41. The lowest BCUT2D eigenvalue weighted by molar-refractivity contribution is 0.0303. The van der Waals surface area contributed by atoms with Crippen LogP contribution >= 0.6 is 0 Å². The highest BCUT2D eigenvalue weighted by Crippen LogP contribution is 2.28. The maximum absolute atomic E-state index is 12.5. The lowest BCUT2D eigenvalue weighted by atomic mass is 10.1.